The van der Waals surface area contributed by atoms with Crippen molar-refractivity contribution >= 4 is 16.7 Å². The Morgan fingerprint density at radius 2 is 1.89 bits per heavy atom. The third-order valence-corrected chi connectivity index (χ3v) is 4.09. The number of ether oxygens (including phenoxy) is 2. The molecule has 3 aromatic rings. The van der Waals surface area contributed by atoms with Gasteiger partial charge in [-0.25, -0.2) is 0 Å². The molecule has 0 fully saturated rings. The fourth-order valence-electron chi connectivity index (χ4n) is 2.87. The third kappa shape index (κ3) is 3.87. The molecule has 1 aromatic carbocycles. The number of fused-ring (bicyclic) bond motifs is 1. The van der Waals surface area contributed by atoms with Gasteiger partial charge < -0.3 is 9.47 Å². The first-order chi connectivity index (χ1) is 13.2. The third-order valence-electron chi connectivity index (χ3n) is 4.09. The van der Waals surface area contributed by atoms with Crippen LogP contribution >= 0.6 is 0 Å². The van der Waals surface area contributed by atoms with Crippen LogP contribution in [0.3, 0.4) is 0 Å². The van der Waals surface area contributed by atoms with E-state index in [-0.39, 0.29) is 12.2 Å². The lowest BCUT2D eigenvalue weighted by Gasteiger charge is -2.14. The van der Waals surface area contributed by atoms with Crippen LogP contribution in [0.25, 0.3) is 10.9 Å². The normalized spacial score (nSPS) is 10.4. The fourth-order valence-corrected chi connectivity index (χ4v) is 2.87. The summed E-state index contributed by atoms with van der Waals surface area (Å²) in [5.74, 6) is 1.05. The number of nitrogens with zero attached hydrogens (tertiary/aromatic N) is 3. The highest BCUT2D eigenvalue weighted by atomic mass is 16.5. The lowest BCUT2D eigenvalue weighted by Crippen LogP contribution is -2.07. The maximum atomic E-state index is 12.7. The zero-order valence-corrected chi connectivity index (χ0v) is 15.2. The van der Waals surface area contributed by atoms with Gasteiger partial charge in [0, 0.05) is 42.0 Å². The number of benzene rings is 1. The minimum atomic E-state index is -0.112. The first-order valence-electron chi connectivity index (χ1n) is 8.72. The topological polar surface area (TPSA) is 85.1 Å². The molecule has 6 heteroatoms. The minimum absolute atomic E-state index is 0.0765. The molecule has 0 atom stereocenters. The van der Waals surface area contributed by atoms with E-state index in [1.54, 1.807) is 30.5 Å². The lowest BCUT2D eigenvalue weighted by molar-refractivity contribution is 0.0993. The largest absolute Gasteiger partial charge is 0.490 e. The number of hydrogen-bond acceptors (Lipinski definition) is 6. The Labute approximate surface area is 157 Å². The van der Waals surface area contributed by atoms with Crippen molar-refractivity contribution in [2.45, 2.75) is 20.3 Å². The molecule has 27 heavy (non-hydrogen) atoms. The van der Waals surface area contributed by atoms with Crippen LogP contribution in [0.5, 0.6) is 11.5 Å². The highest BCUT2D eigenvalue weighted by molar-refractivity contribution is 6.00. The molecule has 0 N–H and O–H groups in total. The minimum Gasteiger partial charge on any atom is -0.490 e. The fraction of sp³-hybridized carbons (Fsp3) is 0.238. The van der Waals surface area contributed by atoms with Gasteiger partial charge in [0.1, 0.15) is 6.07 Å². The van der Waals surface area contributed by atoms with Crippen LogP contribution in [0.4, 0.5) is 0 Å². The molecule has 0 radical (unpaired) electrons. The van der Waals surface area contributed by atoms with E-state index in [4.69, 9.17) is 9.47 Å². The van der Waals surface area contributed by atoms with Gasteiger partial charge in [-0.1, -0.05) is 0 Å². The summed E-state index contributed by atoms with van der Waals surface area (Å²) in [6.07, 6.45) is 4.71. The van der Waals surface area contributed by atoms with Crippen LogP contribution in [0.15, 0.2) is 42.9 Å². The van der Waals surface area contributed by atoms with Gasteiger partial charge in [0.05, 0.1) is 24.3 Å². The van der Waals surface area contributed by atoms with E-state index < -0.39 is 0 Å². The predicted molar refractivity (Wildman–Crippen MR) is 101 cm³/mol. The maximum absolute atomic E-state index is 12.7. The quantitative estimate of drug-likeness (QED) is 0.596. The Morgan fingerprint density at radius 1 is 1.15 bits per heavy atom. The number of rotatable bonds is 7. The Kier molecular flexibility index (Phi) is 5.62. The zero-order valence-electron chi connectivity index (χ0n) is 15.2. The smallest absolute Gasteiger partial charge is 0.168 e. The van der Waals surface area contributed by atoms with Gasteiger partial charge in [-0.2, -0.15) is 5.26 Å². The van der Waals surface area contributed by atoms with E-state index >= 15 is 0 Å². The number of pyridine rings is 2. The Balaban J connectivity index is 2.13. The first kappa shape index (κ1) is 18.3. The molecule has 2 aromatic heterocycles. The zero-order chi connectivity index (χ0) is 19.2. The van der Waals surface area contributed by atoms with Crippen molar-refractivity contribution < 1.29 is 14.3 Å². The molecule has 2 heterocycles. The molecule has 0 aliphatic rings. The van der Waals surface area contributed by atoms with E-state index in [1.807, 2.05) is 13.8 Å². The van der Waals surface area contributed by atoms with Crippen LogP contribution in [-0.2, 0) is 6.42 Å². The number of Topliss-reactive ketones (excluding diaryl/α,β-unsaturated/α-hetero) is 1. The Bertz CT molecular complexity index is 1010. The van der Waals surface area contributed by atoms with Crippen molar-refractivity contribution in [1.82, 2.24) is 9.97 Å². The highest BCUT2D eigenvalue weighted by Gasteiger charge is 2.17. The van der Waals surface area contributed by atoms with Gasteiger partial charge in [-0.05, 0) is 37.6 Å². The van der Waals surface area contributed by atoms with Crippen molar-refractivity contribution in [3.05, 3.63) is 59.5 Å². The van der Waals surface area contributed by atoms with Crippen molar-refractivity contribution in [3.8, 4) is 17.6 Å². The van der Waals surface area contributed by atoms with Crippen LogP contribution in [0.2, 0.25) is 0 Å². The Morgan fingerprint density at radius 3 is 2.52 bits per heavy atom. The summed E-state index contributed by atoms with van der Waals surface area (Å²) in [4.78, 5) is 21.0. The van der Waals surface area contributed by atoms with Crippen LogP contribution in [0, 0.1) is 11.3 Å². The molecule has 0 spiro atoms. The predicted octanol–water partition coefficient (Wildman–Crippen LogP) is 3.72. The Hall–Kier alpha value is -3.46. The van der Waals surface area contributed by atoms with Crippen molar-refractivity contribution in [2.24, 2.45) is 0 Å². The summed E-state index contributed by atoms with van der Waals surface area (Å²) in [6.45, 7) is 4.75. The van der Waals surface area contributed by atoms with Gasteiger partial charge in [0.15, 0.2) is 17.3 Å². The summed E-state index contributed by atoms with van der Waals surface area (Å²) < 4.78 is 11.3. The summed E-state index contributed by atoms with van der Waals surface area (Å²) >= 11 is 0. The molecule has 0 bridgehead atoms. The summed E-state index contributed by atoms with van der Waals surface area (Å²) in [6, 6.07) is 9.13. The van der Waals surface area contributed by atoms with Gasteiger partial charge in [-0.3, -0.25) is 14.8 Å². The van der Waals surface area contributed by atoms with E-state index in [1.165, 1.54) is 12.4 Å². The second kappa shape index (κ2) is 8.28. The highest BCUT2D eigenvalue weighted by Crippen LogP contribution is 2.34. The monoisotopic (exact) mass is 361 g/mol. The summed E-state index contributed by atoms with van der Waals surface area (Å²) in [7, 11) is 0. The molecule has 0 amide bonds. The van der Waals surface area contributed by atoms with Crippen molar-refractivity contribution in [1.29, 1.82) is 5.26 Å². The molecular weight excluding hydrogens is 342 g/mol. The summed E-state index contributed by atoms with van der Waals surface area (Å²) in [5, 5.41) is 10.2. The van der Waals surface area contributed by atoms with Gasteiger partial charge in [-0.15, -0.1) is 0 Å². The van der Waals surface area contributed by atoms with Gasteiger partial charge in [0.2, 0.25) is 0 Å². The van der Waals surface area contributed by atoms with Crippen molar-refractivity contribution in [3.63, 3.8) is 0 Å². The molecule has 0 saturated carbocycles. The lowest BCUT2D eigenvalue weighted by atomic mass is 9.96. The van der Waals surface area contributed by atoms with Crippen LogP contribution in [0.1, 0.15) is 35.3 Å². The number of carbonyl (C=O) groups excluding carboxylic acids is 1. The van der Waals surface area contributed by atoms with E-state index in [9.17, 15) is 10.1 Å². The molecule has 6 nitrogen and oxygen atoms in total. The summed E-state index contributed by atoms with van der Waals surface area (Å²) in [5.41, 5.74) is 2.14. The average Bonchev–Trinajstić information content (AvgIpc) is 2.70. The SMILES string of the molecule is CCOc1cc2ncc(C#N)c(CC(=O)c3cccnc3)c2cc1OCC. The van der Waals surface area contributed by atoms with Crippen molar-refractivity contribution in [2.75, 3.05) is 13.2 Å². The second-order valence-electron chi connectivity index (χ2n) is 5.79. The number of aromatic nitrogens is 2. The van der Waals surface area contributed by atoms with Crippen LogP contribution < -0.4 is 9.47 Å². The average molecular weight is 361 g/mol. The standard InChI is InChI=1S/C21H19N3O3/c1-3-26-20-9-17-16(8-19(25)14-6-5-7-23-12-14)15(11-22)13-24-18(17)10-21(20)27-4-2/h5-7,9-10,12-13H,3-4,8H2,1-2H3. The van der Waals surface area contributed by atoms with E-state index in [0.717, 1.165) is 0 Å². The van der Waals surface area contributed by atoms with Crippen LogP contribution in [-0.4, -0.2) is 29.0 Å². The number of ketones is 1. The first-order valence-corrected chi connectivity index (χ1v) is 8.72. The number of nitriles is 1. The van der Waals surface area contributed by atoms with Gasteiger partial charge in [0.25, 0.3) is 0 Å². The molecule has 3 rings (SSSR count). The molecule has 0 unspecified atom stereocenters. The van der Waals surface area contributed by atoms with E-state index in [0.29, 0.717) is 52.3 Å². The number of carbonyl (C=O) groups is 1. The second-order valence-corrected chi connectivity index (χ2v) is 5.79. The molecule has 136 valence electrons. The van der Waals surface area contributed by atoms with E-state index in [2.05, 4.69) is 16.0 Å². The molecular formula is C21H19N3O3. The van der Waals surface area contributed by atoms with Gasteiger partial charge >= 0.3 is 0 Å². The molecule has 0 aliphatic carbocycles. The number of hydrogen-bond donors (Lipinski definition) is 0. The maximum Gasteiger partial charge on any atom is 0.168 e. The molecule has 0 aliphatic heterocycles. The molecule has 0 saturated heterocycles.